The predicted molar refractivity (Wildman–Crippen MR) is 41.6 cm³/mol. The fourth-order valence-corrected chi connectivity index (χ4v) is 1.29. The highest BCUT2D eigenvalue weighted by molar-refractivity contribution is 7.84. The molecule has 1 atom stereocenters. The summed E-state index contributed by atoms with van der Waals surface area (Å²) >= 11 is 5.59. The average molecular weight is 176 g/mol. The first-order valence-electron chi connectivity index (χ1n) is 2.64. The largest absolute Gasteiger partial charge is 0.262 e. The minimum atomic E-state index is -0.986. The quantitative estimate of drug-likeness (QED) is 0.647. The summed E-state index contributed by atoms with van der Waals surface area (Å²) in [4.78, 5) is 4.44. The van der Waals surface area contributed by atoms with Gasteiger partial charge >= 0.3 is 0 Å². The third kappa shape index (κ3) is 1.78. The van der Waals surface area contributed by atoms with E-state index in [1.807, 2.05) is 0 Å². The van der Waals surface area contributed by atoms with Crippen LogP contribution in [0.25, 0.3) is 0 Å². The number of hydrogen-bond donors (Lipinski definition) is 0. The molecule has 0 fully saturated rings. The molecular formula is C6H6ClNOS. The zero-order chi connectivity index (χ0) is 7.56. The van der Waals surface area contributed by atoms with Crippen LogP contribution in [0.4, 0.5) is 0 Å². The van der Waals surface area contributed by atoms with Gasteiger partial charge in [0.2, 0.25) is 0 Å². The van der Waals surface area contributed by atoms with Crippen molar-refractivity contribution in [1.29, 1.82) is 0 Å². The van der Waals surface area contributed by atoms with Gasteiger partial charge in [0.25, 0.3) is 0 Å². The van der Waals surface area contributed by atoms with Gasteiger partial charge < -0.3 is 0 Å². The molecular weight excluding hydrogens is 170 g/mol. The van der Waals surface area contributed by atoms with Crippen molar-refractivity contribution < 1.29 is 4.21 Å². The van der Waals surface area contributed by atoms with Gasteiger partial charge in [0, 0.05) is 18.6 Å². The van der Waals surface area contributed by atoms with E-state index in [4.69, 9.17) is 11.6 Å². The van der Waals surface area contributed by atoms with Crippen molar-refractivity contribution in [2.75, 3.05) is 6.26 Å². The van der Waals surface area contributed by atoms with Crippen LogP contribution < -0.4 is 0 Å². The molecule has 0 aliphatic rings. The molecule has 54 valence electrons. The van der Waals surface area contributed by atoms with Crippen molar-refractivity contribution in [3.05, 3.63) is 23.5 Å². The van der Waals surface area contributed by atoms with Crippen molar-refractivity contribution in [1.82, 2.24) is 4.98 Å². The van der Waals surface area contributed by atoms with Crippen molar-refractivity contribution >= 4 is 22.4 Å². The van der Waals surface area contributed by atoms with Gasteiger partial charge in [-0.1, -0.05) is 11.6 Å². The van der Waals surface area contributed by atoms with E-state index in [0.717, 1.165) is 0 Å². The Hall–Kier alpha value is -0.410. The molecule has 0 N–H and O–H groups in total. The summed E-state index contributed by atoms with van der Waals surface area (Å²) in [6.07, 6.45) is 4.65. The molecule has 1 aromatic rings. The van der Waals surface area contributed by atoms with E-state index < -0.39 is 10.8 Å². The van der Waals surface area contributed by atoms with Gasteiger partial charge in [-0.05, 0) is 6.07 Å². The number of hydrogen-bond acceptors (Lipinski definition) is 2. The second-order valence-electron chi connectivity index (χ2n) is 1.79. The van der Waals surface area contributed by atoms with E-state index >= 15 is 0 Å². The second kappa shape index (κ2) is 3.12. The molecule has 0 amide bonds. The Bertz CT molecular complexity index is 264. The summed E-state index contributed by atoms with van der Waals surface area (Å²) in [5.41, 5.74) is 0. The van der Waals surface area contributed by atoms with Crippen LogP contribution >= 0.6 is 11.6 Å². The number of rotatable bonds is 1. The Labute approximate surface area is 66.7 Å². The second-order valence-corrected chi connectivity index (χ2v) is 3.61. The van der Waals surface area contributed by atoms with E-state index in [1.165, 1.54) is 6.20 Å². The first-order valence-corrected chi connectivity index (χ1v) is 4.58. The minimum Gasteiger partial charge on any atom is -0.262 e. The van der Waals surface area contributed by atoms with Crippen LogP contribution in [-0.4, -0.2) is 15.4 Å². The smallest absolute Gasteiger partial charge is 0.0601 e. The first-order chi connectivity index (χ1) is 4.70. The highest BCUT2D eigenvalue weighted by atomic mass is 35.5. The fraction of sp³-hybridized carbons (Fsp3) is 0.167. The maximum absolute atomic E-state index is 10.8. The number of halogens is 1. The summed E-state index contributed by atoms with van der Waals surface area (Å²) in [5, 5.41) is 0.521. The Morgan fingerprint density at radius 1 is 1.60 bits per heavy atom. The first kappa shape index (κ1) is 7.69. The Balaban J connectivity index is 3.07. The van der Waals surface area contributed by atoms with Crippen LogP contribution in [-0.2, 0) is 10.8 Å². The molecule has 0 bridgehead atoms. The molecule has 10 heavy (non-hydrogen) atoms. The lowest BCUT2D eigenvalue weighted by molar-refractivity contribution is 0.686. The van der Waals surface area contributed by atoms with Gasteiger partial charge in [0.15, 0.2) is 0 Å². The lowest BCUT2D eigenvalue weighted by atomic mass is 10.5. The standard InChI is InChI=1S/C6H6ClNOS/c1-10(9)6-2-5(7)3-8-4-6/h2-4H,1H3. The fourth-order valence-electron chi connectivity index (χ4n) is 0.550. The Morgan fingerprint density at radius 3 is 2.70 bits per heavy atom. The Morgan fingerprint density at radius 2 is 2.30 bits per heavy atom. The average Bonchev–Trinajstić information content (AvgIpc) is 1.88. The maximum atomic E-state index is 10.8. The van der Waals surface area contributed by atoms with E-state index in [1.54, 1.807) is 18.5 Å². The highest BCUT2D eigenvalue weighted by Gasteiger charge is 1.96. The summed E-state index contributed by atoms with van der Waals surface area (Å²) in [7, 11) is -0.986. The number of nitrogens with zero attached hydrogens (tertiary/aromatic N) is 1. The van der Waals surface area contributed by atoms with Crippen molar-refractivity contribution in [3.8, 4) is 0 Å². The number of pyridine rings is 1. The molecule has 0 saturated heterocycles. The van der Waals surface area contributed by atoms with Gasteiger partial charge in [-0.25, -0.2) is 0 Å². The van der Waals surface area contributed by atoms with Gasteiger partial charge in [-0.2, -0.15) is 0 Å². The van der Waals surface area contributed by atoms with Crippen molar-refractivity contribution in [3.63, 3.8) is 0 Å². The molecule has 0 spiro atoms. The minimum absolute atomic E-state index is 0.521. The van der Waals surface area contributed by atoms with Crippen LogP contribution in [0.15, 0.2) is 23.4 Å². The molecule has 1 rings (SSSR count). The van der Waals surface area contributed by atoms with Crippen molar-refractivity contribution in [2.24, 2.45) is 0 Å². The van der Waals surface area contributed by atoms with Crippen LogP contribution in [0.2, 0.25) is 5.02 Å². The lowest BCUT2D eigenvalue weighted by Crippen LogP contribution is -1.87. The predicted octanol–water partition coefficient (Wildman–Crippen LogP) is 1.47. The van der Waals surface area contributed by atoms with E-state index in [2.05, 4.69) is 4.98 Å². The third-order valence-corrected chi connectivity index (χ3v) is 2.11. The topological polar surface area (TPSA) is 30.0 Å². The molecule has 1 heterocycles. The molecule has 1 aromatic heterocycles. The summed E-state index contributed by atoms with van der Waals surface area (Å²) in [6, 6.07) is 1.64. The van der Waals surface area contributed by atoms with Crippen LogP contribution in [0.5, 0.6) is 0 Å². The third-order valence-electron chi connectivity index (χ3n) is 1.01. The summed E-state index contributed by atoms with van der Waals surface area (Å²) in [5.74, 6) is 0. The van der Waals surface area contributed by atoms with Crippen LogP contribution in [0.1, 0.15) is 0 Å². The SMILES string of the molecule is CS(=O)c1cncc(Cl)c1. The van der Waals surface area contributed by atoms with Gasteiger partial charge in [0.05, 0.1) is 20.7 Å². The molecule has 0 aromatic carbocycles. The van der Waals surface area contributed by atoms with Crippen molar-refractivity contribution in [2.45, 2.75) is 4.90 Å². The highest BCUT2D eigenvalue weighted by Crippen LogP contribution is 2.10. The molecule has 0 aliphatic carbocycles. The van der Waals surface area contributed by atoms with Gasteiger partial charge in [-0.15, -0.1) is 0 Å². The zero-order valence-electron chi connectivity index (χ0n) is 5.37. The van der Waals surface area contributed by atoms with E-state index in [0.29, 0.717) is 9.92 Å². The lowest BCUT2D eigenvalue weighted by Gasteiger charge is -1.93. The molecule has 1 unspecified atom stereocenters. The molecule has 4 heteroatoms. The Kier molecular flexibility index (Phi) is 2.40. The van der Waals surface area contributed by atoms with E-state index in [9.17, 15) is 4.21 Å². The molecule has 0 saturated carbocycles. The zero-order valence-corrected chi connectivity index (χ0v) is 6.95. The van der Waals surface area contributed by atoms with Crippen LogP contribution in [0, 0.1) is 0 Å². The normalized spacial score (nSPS) is 13.0. The van der Waals surface area contributed by atoms with Gasteiger partial charge in [0.1, 0.15) is 0 Å². The maximum Gasteiger partial charge on any atom is 0.0601 e. The molecule has 0 aliphatic heterocycles. The summed E-state index contributed by atoms with van der Waals surface area (Å²) in [6.45, 7) is 0. The molecule has 0 radical (unpaired) electrons. The van der Waals surface area contributed by atoms with Crippen LogP contribution in [0.3, 0.4) is 0 Å². The molecule has 2 nitrogen and oxygen atoms in total. The monoisotopic (exact) mass is 175 g/mol. The van der Waals surface area contributed by atoms with Gasteiger partial charge in [-0.3, -0.25) is 9.19 Å². The summed E-state index contributed by atoms with van der Waals surface area (Å²) < 4.78 is 10.8. The number of aromatic nitrogens is 1. The van der Waals surface area contributed by atoms with E-state index in [-0.39, 0.29) is 0 Å².